The second kappa shape index (κ2) is 7.20. The predicted octanol–water partition coefficient (Wildman–Crippen LogP) is -1.18. The SMILES string of the molecule is CCOC(=O)C(N)C(=O)N(CC)C1COCC1C(=O)O. The molecule has 3 atom stereocenters. The van der Waals surface area contributed by atoms with Gasteiger partial charge in [0.05, 0.1) is 25.9 Å². The molecule has 0 aromatic heterocycles. The van der Waals surface area contributed by atoms with Crippen molar-refractivity contribution < 1.29 is 29.0 Å². The van der Waals surface area contributed by atoms with Crippen molar-refractivity contribution in [3.63, 3.8) is 0 Å². The summed E-state index contributed by atoms with van der Waals surface area (Å²) in [5, 5.41) is 9.10. The molecule has 0 spiro atoms. The average molecular weight is 288 g/mol. The van der Waals surface area contributed by atoms with E-state index in [-0.39, 0.29) is 26.4 Å². The minimum Gasteiger partial charge on any atom is -0.481 e. The van der Waals surface area contributed by atoms with Crippen LogP contribution in [0, 0.1) is 5.92 Å². The van der Waals surface area contributed by atoms with E-state index in [0.717, 1.165) is 0 Å². The van der Waals surface area contributed by atoms with Gasteiger partial charge in [-0.05, 0) is 13.8 Å². The number of aliphatic carboxylic acids is 1. The molecule has 3 unspecified atom stereocenters. The fourth-order valence-electron chi connectivity index (χ4n) is 2.15. The van der Waals surface area contributed by atoms with Crippen LogP contribution in [0.15, 0.2) is 0 Å². The Labute approximate surface area is 116 Å². The number of carboxylic acid groups (broad SMARTS) is 1. The molecule has 0 aromatic rings. The summed E-state index contributed by atoms with van der Waals surface area (Å²) in [4.78, 5) is 36.1. The zero-order valence-electron chi connectivity index (χ0n) is 11.6. The van der Waals surface area contributed by atoms with E-state index in [9.17, 15) is 14.4 Å². The Morgan fingerprint density at radius 2 is 2.05 bits per heavy atom. The van der Waals surface area contributed by atoms with Gasteiger partial charge < -0.3 is 25.2 Å². The molecule has 8 nitrogen and oxygen atoms in total. The molecule has 8 heteroatoms. The van der Waals surface area contributed by atoms with Crippen molar-refractivity contribution >= 4 is 17.8 Å². The minimum absolute atomic E-state index is 0.0401. The van der Waals surface area contributed by atoms with Gasteiger partial charge in [-0.3, -0.25) is 9.59 Å². The van der Waals surface area contributed by atoms with Gasteiger partial charge in [-0.2, -0.15) is 0 Å². The quantitative estimate of drug-likeness (QED) is 0.466. The fraction of sp³-hybridized carbons (Fsp3) is 0.750. The Bertz CT molecular complexity index is 386. The van der Waals surface area contributed by atoms with Crippen LogP contribution in [0.2, 0.25) is 0 Å². The van der Waals surface area contributed by atoms with Gasteiger partial charge >= 0.3 is 11.9 Å². The van der Waals surface area contributed by atoms with Crippen molar-refractivity contribution in [1.82, 2.24) is 4.90 Å². The van der Waals surface area contributed by atoms with Gasteiger partial charge in [-0.25, -0.2) is 4.79 Å². The van der Waals surface area contributed by atoms with Crippen LogP contribution in [0.4, 0.5) is 0 Å². The second-order valence-electron chi connectivity index (χ2n) is 4.40. The molecule has 1 fully saturated rings. The summed E-state index contributed by atoms with van der Waals surface area (Å²) in [5.41, 5.74) is 5.56. The largest absolute Gasteiger partial charge is 0.481 e. The number of rotatable bonds is 6. The molecule has 20 heavy (non-hydrogen) atoms. The van der Waals surface area contributed by atoms with E-state index in [1.54, 1.807) is 13.8 Å². The Kier molecular flexibility index (Phi) is 5.90. The number of nitrogens with two attached hydrogens (primary N) is 1. The number of hydrogen-bond acceptors (Lipinski definition) is 6. The van der Waals surface area contributed by atoms with E-state index in [0.29, 0.717) is 0 Å². The first kappa shape index (κ1) is 16.4. The Hall–Kier alpha value is -1.67. The van der Waals surface area contributed by atoms with E-state index in [4.69, 9.17) is 20.3 Å². The predicted molar refractivity (Wildman–Crippen MR) is 67.7 cm³/mol. The topological polar surface area (TPSA) is 119 Å². The van der Waals surface area contributed by atoms with Crippen molar-refractivity contribution in [2.45, 2.75) is 25.9 Å². The highest BCUT2D eigenvalue weighted by Gasteiger charge is 2.41. The lowest BCUT2D eigenvalue weighted by Gasteiger charge is -2.30. The molecule has 1 aliphatic heterocycles. The molecular weight excluding hydrogens is 268 g/mol. The number of nitrogens with zero attached hydrogens (tertiary/aromatic N) is 1. The summed E-state index contributed by atoms with van der Waals surface area (Å²) in [6.45, 7) is 3.81. The van der Waals surface area contributed by atoms with E-state index in [1.807, 2.05) is 0 Å². The van der Waals surface area contributed by atoms with Gasteiger partial charge in [-0.1, -0.05) is 0 Å². The summed E-state index contributed by atoms with van der Waals surface area (Å²) in [7, 11) is 0. The van der Waals surface area contributed by atoms with Crippen LogP contribution in [0.25, 0.3) is 0 Å². The van der Waals surface area contributed by atoms with Gasteiger partial charge in [0.2, 0.25) is 0 Å². The standard InChI is InChI=1S/C12H20N2O6/c1-3-14(8-6-19-5-7(8)11(16)17)10(15)9(13)12(18)20-4-2/h7-9H,3-6,13H2,1-2H3,(H,16,17). The Morgan fingerprint density at radius 1 is 1.40 bits per heavy atom. The molecular formula is C12H20N2O6. The molecule has 0 aliphatic carbocycles. The first-order chi connectivity index (χ1) is 9.43. The number of amides is 1. The van der Waals surface area contributed by atoms with E-state index in [2.05, 4.69) is 0 Å². The van der Waals surface area contributed by atoms with Crippen molar-refractivity contribution in [2.75, 3.05) is 26.4 Å². The first-order valence-corrected chi connectivity index (χ1v) is 6.47. The number of carbonyl (C=O) groups is 3. The molecule has 1 amide bonds. The Morgan fingerprint density at radius 3 is 2.55 bits per heavy atom. The second-order valence-corrected chi connectivity index (χ2v) is 4.40. The lowest BCUT2D eigenvalue weighted by atomic mass is 10.0. The van der Waals surface area contributed by atoms with Crippen molar-refractivity contribution in [1.29, 1.82) is 0 Å². The first-order valence-electron chi connectivity index (χ1n) is 6.47. The lowest BCUT2D eigenvalue weighted by molar-refractivity contribution is -0.152. The molecule has 3 N–H and O–H groups in total. The van der Waals surface area contributed by atoms with Gasteiger partial charge in [0.25, 0.3) is 5.91 Å². The maximum Gasteiger partial charge on any atom is 0.332 e. The maximum absolute atomic E-state index is 12.2. The highest BCUT2D eigenvalue weighted by Crippen LogP contribution is 2.20. The smallest absolute Gasteiger partial charge is 0.332 e. The number of carbonyl (C=O) groups excluding carboxylic acids is 2. The highest BCUT2D eigenvalue weighted by atomic mass is 16.5. The van der Waals surface area contributed by atoms with Gasteiger partial charge in [0.15, 0.2) is 6.04 Å². The number of esters is 1. The summed E-state index contributed by atoms with van der Waals surface area (Å²) < 4.78 is 9.82. The van der Waals surface area contributed by atoms with E-state index >= 15 is 0 Å². The van der Waals surface area contributed by atoms with Crippen molar-refractivity contribution in [2.24, 2.45) is 11.7 Å². The van der Waals surface area contributed by atoms with Crippen LogP contribution >= 0.6 is 0 Å². The lowest BCUT2D eigenvalue weighted by Crippen LogP contribution is -2.54. The molecule has 114 valence electrons. The summed E-state index contributed by atoms with van der Waals surface area (Å²) in [6, 6.07) is -2.06. The van der Waals surface area contributed by atoms with Gasteiger partial charge in [0, 0.05) is 6.54 Å². The third kappa shape index (κ3) is 3.45. The van der Waals surface area contributed by atoms with Crippen LogP contribution in [0.5, 0.6) is 0 Å². The average Bonchev–Trinajstić information content (AvgIpc) is 2.88. The fourth-order valence-corrected chi connectivity index (χ4v) is 2.15. The molecule has 0 bridgehead atoms. The third-order valence-corrected chi connectivity index (χ3v) is 3.20. The highest BCUT2D eigenvalue weighted by molar-refractivity contribution is 6.02. The summed E-state index contributed by atoms with van der Waals surface area (Å²) >= 11 is 0. The monoisotopic (exact) mass is 288 g/mol. The molecule has 0 aromatic carbocycles. The van der Waals surface area contributed by atoms with Gasteiger partial charge in [-0.15, -0.1) is 0 Å². The molecule has 1 heterocycles. The maximum atomic E-state index is 12.2. The third-order valence-electron chi connectivity index (χ3n) is 3.20. The molecule has 1 saturated heterocycles. The molecule has 0 radical (unpaired) electrons. The number of likely N-dealkylation sites (N-methyl/N-ethyl adjacent to an activating group) is 1. The van der Waals surface area contributed by atoms with Crippen LogP contribution in [0.1, 0.15) is 13.8 Å². The summed E-state index contributed by atoms with van der Waals surface area (Å²) in [5.74, 6) is -3.31. The zero-order valence-corrected chi connectivity index (χ0v) is 11.6. The van der Waals surface area contributed by atoms with Crippen LogP contribution < -0.4 is 5.73 Å². The van der Waals surface area contributed by atoms with Crippen LogP contribution in [-0.2, 0) is 23.9 Å². The minimum atomic E-state index is -1.44. The van der Waals surface area contributed by atoms with E-state index < -0.39 is 35.8 Å². The zero-order chi connectivity index (χ0) is 15.3. The number of carboxylic acids is 1. The number of ether oxygens (including phenoxy) is 2. The summed E-state index contributed by atoms with van der Waals surface area (Å²) in [6.07, 6.45) is 0. The van der Waals surface area contributed by atoms with E-state index in [1.165, 1.54) is 4.90 Å². The molecule has 0 saturated carbocycles. The van der Waals surface area contributed by atoms with Crippen LogP contribution in [-0.4, -0.2) is 66.3 Å². The normalized spacial score (nSPS) is 23.1. The number of hydrogen-bond donors (Lipinski definition) is 2. The van der Waals surface area contributed by atoms with Crippen LogP contribution in [0.3, 0.4) is 0 Å². The van der Waals surface area contributed by atoms with Crippen molar-refractivity contribution in [3.05, 3.63) is 0 Å². The van der Waals surface area contributed by atoms with Crippen molar-refractivity contribution in [3.8, 4) is 0 Å². The molecule has 1 aliphatic rings. The Balaban J connectivity index is 2.81. The molecule has 1 rings (SSSR count). The van der Waals surface area contributed by atoms with Gasteiger partial charge in [0.1, 0.15) is 5.92 Å².